The monoisotopic (exact) mass is 230 g/mol. The highest BCUT2D eigenvalue weighted by molar-refractivity contribution is 5.97. The minimum absolute atomic E-state index is 0.335. The van der Waals surface area contributed by atoms with Gasteiger partial charge in [-0.1, -0.05) is 0 Å². The van der Waals surface area contributed by atoms with Crippen molar-refractivity contribution >= 4 is 11.9 Å². The van der Waals surface area contributed by atoms with E-state index in [0.29, 0.717) is 24.2 Å². The van der Waals surface area contributed by atoms with Gasteiger partial charge in [0, 0.05) is 12.0 Å². The van der Waals surface area contributed by atoms with Gasteiger partial charge in [-0.2, -0.15) is 5.26 Å². The number of ether oxygens (including phenoxy) is 1. The lowest BCUT2D eigenvalue weighted by molar-refractivity contribution is -0.139. The molecular formula is C12H10N2O3. The fourth-order valence-corrected chi connectivity index (χ4v) is 1.56. The molecule has 0 saturated carbocycles. The lowest BCUT2D eigenvalue weighted by atomic mass is 10.1. The molecule has 1 atom stereocenters. The number of carbonyl (C=O) groups is 2. The zero-order chi connectivity index (χ0) is 12.3. The number of cyclic esters (lactones) is 1. The summed E-state index contributed by atoms with van der Waals surface area (Å²) < 4.78 is 4.74. The summed E-state index contributed by atoms with van der Waals surface area (Å²) in [4.78, 5) is 22.9. The SMILES string of the molecule is N#Cc1ccc(C(=O)NC2CCOC2=O)cc1. The van der Waals surface area contributed by atoms with Gasteiger partial charge in [0.15, 0.2) is 0 Å². The number of hydrogen-bond acceptors (Lipinski definition) is 4. The van der Waals surface area contributed by atoms with Gasteiger partial charge in [0.2, 0.25) is 0 Å². The standard InChI is InChI=1S/C12H10N2O3/c13-7-8-1-3-9(4-2-8)11(15)14-10-5-6-17-12(10)16/h1-4,10H,5-6H2,(H,14,15). The van der Waals surface area contributed by atoms with E-state index in [1.807, 2.05) is 6.07 Å². The third kappa shape index (κ3) is 2.42. The molecule has 1 N–H and O–H groups in total. The minimum atomic E-state index is -0.557. The normalized spacial score (nSPS) is 18.3. The number of nitrogens with zero attached hydrogens (tertiary/aromatic N) is 1. The van der Waals surface area contributed by atoms with E-state index < -0.39 is 12.0 Å². The van der Waals surface area contributed by atoms with E-state index in [1.54, 1.807) is 24.3 Å². The van der Waals surface area contributed by atoms with E-state index in [9.17, 15) is 9.59 Å². The molecular weight excluding hydrogens is 220 g/mol. The van der Waals surface area contributed by atoms with Crippen molar-refractivity contribution in [2.75, 3.05) is 6.61 Å². The fourth-order valence-electron chi connectivity index (χ4n) is 1.56. The number of nitriles is 1. The van der Waals surface area contributed by atoms with Gasteiger partial charge < -0.3 is 10.1 Å². The average molecular weight is 230 g/mol. The predicted octanol–water partition coefficient (Wildman–Crippen LogP) is 0.604. The van der Waals surface area contributed by atoms with Gasteiger partial charge in [-0.15, -0.1) is 0 Å². The van der Waals surface area contributed by atoms with Crippen molar-refractivity contribution in [3.63, 3.8) is 0 Å². The van der Waals surface area contributed by atoms with Crippen LogP contribution in [0.25, 0.3) is 0 Å². The van der Waals surface area contributed by atoms with Crippen molar-refractivity contribution in [3.8, 4) is 6.07 Å². The second-order valence-corrected chi connectivity index (χ2v) is 3.67. The molecule has 1 aliphatic rings. The Labute approximate surface area is 98.0 Å². The molecule has 1 aromatic rings. The second kappa shape index (κ2) is 4.66. The Balaban J connectivity index is 2.04. The molecule has 5 heteroatoms. The third-order valence-electron chi connectivity index (χ3n) is 2.52. The second-order valence-electron chi connectivity index (χ2n) is 3.67. The lowest BCUT2D eigenvalue weighted by Gasteiger charge is -2.08. The summed E-state index contributed by atoms with van der Waals surface area (Å²) in [6.45, 7) is 0.344. The largest absolute Gasteiger partial charge is 0.464 e. The smallest absolute Gasteiger partial charge is 0.328 e. The number of nitrogens with one attached hydrogen (secondary N) is 1. The van der Waals surface area contributed by atoms with Crippen LogP contribution < -0.4 is 5.32 Å². The molecule has 1 heterocycles. The highest BCUT2D eigenvalue weighted by Crippen LogP contribution is 2.08. The first-order valence-electron chi connectivity index (χ1n) is 5.18. The Kier molecular flexibility index (Phi) is 3.06. The van der Waals surface area contributed by atoms with Crippen molar-refractivity contribution in [2.24, 2.45) is 0 Å². The number of carbonyl (C=O) groups excluding carboxylic acids is 2. The highest BCUT2D eigenvalue weighted by atomic mass is 16.5. The highest BCUT2D eigenvalue weighted by Gasteiger charge is 2.28. The maximum atomic E-state index is 11.7. The number of hydrogen-bond donors (Lipinski definition) is 1. The molecule has 1 fully saturated rings. The van der Waals surface area contributed by atoms with Crippen LogP contribution in [-0.2, 0) is 9.53 Å². The lowest BCUT2D eigenvalue weighted by Crippen LogP contribution is -2.37. The average Bonchev–Trinajstić information content (AvgIpc) is 2.75. The van der Waals surface area contributed by atoms with Gasteiger partial charge >= 0.3 is 5.97 Å². The maximum Gasteiger partial charge on any atom is 0.328 e. The molecule has 0 radical (unpaired) electrons. The van der Waals surface area contributed by atoms with Crippen LogP contribution >= 0.6 is 0 Å². The van der Waals surface area contributed by atoms with Gasteiger partial charge in [0.25, 0.3) is 5.91 Å². The van der Waals surface area contributed by atoms with Crippen LogP contribution in [0, 0.1) is 11.3 Å². The fraction of sp³-hybridized carbons (Fsp3) is 0.250. The molecule has 17 heavy (non-hydrogen) atoms. The minimum Gasteiger partial charge on any atom is -0.464 e. The molecule has 1 saturated heterocycles. The molecule has 2 rings (SSSR count). The summed E-state index contributed by atoms with van der Waals surface area (Å²) in [5.41, 5.74) is 0.908. The van der Waals surface area contributed by atoms with E-state index in [1.165, 1.54) is 0 Å². The van der Waals surface area contributed by atoms with Crippen LogP contribution in [0.2, 0.25) is 0 Å². The van der Waals surface area contributed by atoms with Gasteiger partial charge in [0.1, 0.15) is 6.04 Å². The van der Waals surface area contributed by atoms with Crippen molar-refractivity contribution in [3.05, 3.63) is 35.4 Å². The Morgan fingerprint density at radius 2 is 2.12 bits per heavy atom. The van der Waals surface area contributed by atoms with Crippen molar-refractivity contribution in [1.82, 2.24) is 5.32 Å². The third-order valence-corrected chi connectivity index (χ3v) is 2.52. The van der Waals surface area contributed by atoms with Gasteiger partial charge in [0.05, 0.1) is 18.2 Å². The Morgan fingerprint density at radius 1 is 1.41 bits per heavy atom. The molecule has 0 spiro atoms. The van der Waals surface area contributed by atoms with Crippen LogP contribution in [0.5, 0.6) is 0 Å². The first kappa shape index (κ1) is 11.1. The summed E-state index contributed by atoms with van der Waals surface area (Å²) in [5, 5.41) is 11.2. The molecule has 1 unspecified atom stereocenters. The zero-order valence-electron chi connectivity index (χ0n) is 8.97. The molecule has 1 aromatic carbocycles. The van der Waals surface area contributed by atoms with E-state index >= 15 is 0 Å². The van der Waals surface area contributed by atoms with Gasteiger partial charge in [-0.05, 0) is 24.3 Å². The van der Waals surface area contributed by atoms with Gasteiger partial charge in [-0.25, -0.2) is 4.79 Å². The summed E-state index contributed by atoms with van der Waals surface area (Å²) in [7, 11) is 0. The molecule has 0 aromatic heterocycles. The van der Waals surface area contributed by atoms with E-state index in [0.717, 1.165) is 0 Å². The van der Waals surface area contributed by atoms with Crippen LogP contribution in [0.15, 0.2) is 24.3 Å². The zero-order valence-corrected chi connectivity index (χ0v) is 8.97. The molecule has 5 nitrogen and oxygen atoms in total. The quantitative estimate of drug-likeness (QED) is 0.754. The first-order valence-corrected chi connectivity index (χ1v) is 5.18. The summed E-state index contributed by atoms with van der Waals surface area (Å²) in [6.07, 6.45) is 0.501. The Morgan fingerprint density at radius 3 is 2.65 bits per heavy atom. The van der Waals surface area contributed by atoms with Crippen LogP contribution in [0.4, 0.5) is 0 Å². The Hall–Kier alpha value is -2.35. The van der Waals surface area contributed by atoms with E-state index in [4.69, 9.17) is 10.00 Å². The summed E-state index contributed by atoms with van der Waals surface area (Å²) >= 11 is 0. The van der Waals surface area contributed by atoms with Crippen molar-refractivity contribution < 1.29 is 14.3 Å². The van der Waals surface area contributed by atoms with E-state index in [2.05, 4.69) is 5.32 Å². The van der Waals surface area contributed by atoms with E-state index in [-0.39, 0.29) is 5.91 Å². The molecule has 0 bridgehead atoms. The number of rotatable bonds is 2. The van der Waals surface area contributed by atoms with Crippen molar-refractivity contribution in [1.29, 1.82) is 5.26 Å². The van der Waals surface area contributed by atoms with Crippen LogP contribution in [0.3, 0.4) is 0 Å². The predicted molar refractivity (Wildman–Crippen MR) is 58.0 cm³/mol. The molecule has 1 amide bonds. The van der Waals surface area contributed by atoms with Crippen LogP contribution in [0.1, 0.15) is 22.3 Å². The van der Waals surface area contributed by atoms with Crippen LogP contribution in [-0.4, -0.2) is 24.5 Å². The summed E-state index contributed by atoms with van der Waals surface area (Å²) in [5.74, 6) is -0.731. The maximum absolute atomic E-state index is 11.7. The summed E-state index contributed by atoms with van der Waals surface area (Å²) in [6, 6.07) is 7.62. The topological polar surface area (TPSA) is 79.2 Å². The number of benzene rings is 1. The number of esters is 1. The Bertz CT molecular complexity index is 487. The van der Waals surface area contributed by atoms with Crippen molar-refractivity contribution in [2.45, 2.75) is 12.5 Å². The molecule has 1 aliphatic heterocycles. The first-order chi connectivity index (χ1) is 8.20. The number of amides is 1. The molecule has 0 aliphatic carbocycles. The van der Waals surface area contributed by atoms with Gasteiger partial charge in [-0.3, -0.25) is 4.79 Å². The molecule has 86 valence electrons.